The number of hydrogen-bond donors (Lipinski definition) is 1. The van der Waals surface area contributed by atoms with Crippen LogP contribution >= 0.6 is 0 Å². The molecule has 0 aliphatic carbocycles. The smallest absolute Gasteiger partial charge is 0.253 e. The molecule has 3 atom stereocenters. The van der Waals surface area contributed by atoms with Crippen molar-refractivity contribution >= 4 is 17.3 Å². The summed E-state index contributed by atoms with van der Waals surface area (Å²) in [5, 5.41) is 2.75. The molecule has 5 nitrogen and oxygen atoms in total. The van der Waals surface area contributed by atoms with Gasteiger partial charge in [0.15, 0.2) is 0 Å². The third-order valence-electron chi connectivity index (χ3n) is 5.52. The second kappa shape index (κ2) is 9.02. The number of carbonyl (C=O) groups is 1. The number of nitrogens with one attached hydrogen (secondary N) is 1. The maximum Gasteiger partial charge on any atom is 0.253 e. The first-order chi connectivity index (χ1) is 13.0. The van der Waals surface area contributed by atoms with Crippen molar-refractivity contribution in [2.75, 3.05) is 30.0 Å². The van der Waals surface area contributed by atoms with Gasteiger partial charge in [0.25, 0.3) is 5.91 Å². The molecule has 0 aromatic heterocycles. The Morgan fingerprint density at radius 1 is 1.33 bits per heavy atom. The zero-order chi connectivity index (χ0) is 19.4. The fraction of sp³-hybridized carbons (Fsp3) is 0.667. The zero-order valence-electron chi connectivity index (χ0n) is 16.5. The van der Waals surface area contributed by atoms with Gasteiger partial charge in [0.05, 0.1) is 18.4 Å². The highest BCUT2D eigenvalue weighted by atomic mass is 19.1. The van der Waals surface area contributed by atoms with Gasteiger partial charge in [-0.15, -0.1) is 0 Å². The van der Waals surface area contributed by atoms with E-state index in [1.54, 1.807) is 19.1 Å². The van der Waals surface area contributed by atoms with Crippen molar-refractivity contribution in [2.24, 2.45) is 5.92 Å². The molecule has 2 aliphatic heterocycles. The summed E-state index contributed by atoms with van der Waals surface area (Å²) in [5.74, 6) is -0.0946. The van der Waals surface area contributed by atoms with Crippen LogP contribution < -0.4 is 10.2 Å². The van der Waals surface area contributed by atoms with Gasteiger partial charge < -0.3 is 19.7 Å². The van der Waals surface area contributed by atoms with Gasteiger partial charge >= 0.3 is 0 Å². The number of amides is 1. The fourth-order valence-corrected chi connectivity index (χ4v) is 3.95. The number of ether oxygens (including phenoxy) is 2. The molecular formula is C21H31FN2O3. The molecular weight excluding hydrogens is 347 g/mol. The van der Waals surface area contributed by atoms with Crippen LogP contribution in [0.15, 0.2) is 18.2 Å². The van der Waals surface area contributed by atoms with Crippen molar-refractivity contribution in [3.8, 4) is 0 Å². The number of benzene rings is 1. The van der Waals surface area contributed by atoms with Crippen LogP contribution in [0.2, 0.25) is 0 Å². The lowest BCUT2D eigenvalue weighted by Gasteiger charge is -2.30. The molecule has 3 rings (SSSR count). The predicted octanol–water partition coefficient (Wildman–Crippen LogP) is 3.97. The third kappa shape index (κ3) is 4.99. The van der Waals surface area contributed by atoms with E-state index in [0.29, 0.717) is 29.9 Å². The Morgan fingerprint density at radius 3 is 2.81 bits per heavy atom. The minimum atomic E-state index is -0.610. The summed E-state index contributed by atoms with van der Waals surface area (Å²) in [4.78, 5) is 14.5. The quantitative estimate of drug-likeness (QED) is 0.780. The van der Waals surface area contributed by atoms with E-state index >= 15 is 0 Å². The van der Waals surface area contributed by atoms with Crippen molar-refractivity contribution in [1.82, 2.24) is 0 Å². The van der Waals surface area contributed by atoms with E-state index in [4.69, 9.17) is 9.47 Å². The number of anilines is 2. The predicted molar refractivity (Wildman–Crippen MR) is 105 cm³/mol. The number of nitrogens with zero attached hydrogens (tertiary/aromatic N) is 1. The SMILES string of the molecule is CC(C)[C@@H]1CCCN1c1ccc(NC(=O)[C@H](C)OC[C@H]2CCCO2)cc1F. The van der Waals surface area contributed by atoms with Gasteiger partial charge in [-0.2, -0.15) is 0 Å². The van der Waals surface area contributed by atoms with Crippen LogP contribution in [0.1, 0.15) is 46.5 Å². The van der Waals surface area contributed by atoms with Gasteiger partial charge in [0.2, 0.25) is 0 Å². The topological polar surface area (TPSA) is 50.8 Å². The van der Waals surface area contributed by atoms with Crippen molar-refractivity contribution in [2.45, 2.75) is 64.7 Å². The summed E-state index contributed by atoms with van der Waals surface area (Å²) in [6.45, 7) is 8.09. The Hall–Kier alpha value is -1.66. The number of rotatable bonds is 7. The molecule has 1 N–H and O–H groups in total. The lowest BCUT2D eigenvalue weighted by molar-refractivity contribution is -0.128. The lowest BCUT2D eigenvalue weighted by Crippen LogP contribution is -2.34. The molecule has 2 saturated heterocycles. The zero-order valence-corrected chi connectivity index (χ0v) is 16.5. The highest BCUT2D eigenvalue weighted by Crippen LogP contribution is 2.32. The van der Waals surface area contributed by atoms with Crippen molar-refractivity contribution in [3.05, 3.63) is 24.0 Å². The second-order valence-electron chi connectivity index (χ2n) is 7.91. The van der Waals surface area contributed by atoms with E-state index in [9.17, 15) is 9.18 Å². The summed E-state index contributed by atoms with van der Waals surface area (Å²) in [6, 6.07) is 5.30. The molecule has 150 valence electrons. The Morgan fingerprint density at radius 2 is 2.15 bits per heavy atom. The van der Waals surface area contributed by atoms with Crippen molar-refractivity contribution < 1.29 is 18.7 Å². The van der Waals surface area contributed by atoms with Gasteiger partial charge in [0.1, 0.15) is 11.9 Å². The molecule has 2 fully saturated rings. The molecule has 1 amide bonds. The molecule has 0 spiro atoms. The van der Waals surface area contributed by atoms with Gasteiger partial charge in [-0.25, -0.2) is 4.39 Å². The third-order valence-corrected chi connectivity index (χ3v) is 5.52. The summed E-state index contributed by atoms with van der Waals surface area (Å²) in [6.07, 6.45) is 3.64. The van der Waals surface area contributed by atoms with Crippen LogP contribution in [0.3, 0.4) is 0 Å². The lowest BCUT2D eigenvalue weighted by atomic mass is 10.0. The summed E-state index contributed by atoms with van der Waals surface area (Å²) < 4.78 is 25.8. The standard InChI is InChI=1S/C21H31FN2O3/c1-14(2)19-7-4-10-24(19)20-9-8-16(12-18(20)22)23-21(25)15(3)27-13-17-6-5-11-26-17/h8-9,12,14-15,17,19H,4-7,10-11,13H2,1-3H3,(H,23,25)/t15-,17+,19-/m0/s1. The van der Waals surface area contributed by atoms with E-state index < -0.39 is 6.10 Å². The van der Waals surface area contributed by atoms with Crippen molar-refractivity contribution in [3.63, 3.8) is 0 Å². The monoisotopic (exact) mass is 378 g/mol. The van der Waals surface area contributed by atoms with Crippen LogP contribution in [0.25, 0.3) is 0 Å². The molecule has 1 aromatic carbocycles. The number of carbonyl (C=O) groups excluding carboxylic acids is 1. The summed E-state index contributed by atoms with van der Waals surface area (Å²) >= 11 is 0. The van der Waals surface area contributed by atoms with Crippen LogP contribution in [-0.2, 0) is 14.3 Å². The average Bonchev–Trinajstić information content (AvgIpc) is 3.31. The first-order valence-corrected chi connectivity index (χ1v) is 10.1. The second-order valence-corrected chi connectivity index (χ2v) is 7.91. The van der Waals surface area contributed by atoms with E-state index in [2.05, 4.69) is 24.1 Å². The van der Waals surface area contributed by atoms with E-state index in [0.717, 1.165) is 38.8 Å². The van der Waals surface area contributed by atoms with E-state index in [1.165, 1.54) is 6.07 Å². The Bertz CT molecular complexity index is 646. The number of halogens is 1. The maximum absolute atomic E-state index is 14.7. The normalized spacial score (nSPS) is 23.8. The van der Waals surface area contributed by atoms with Crippen LogP contribution in [-0.4, -0.2) is 43.9 Å². The summed E-state index contributed by atoms with van der Waals surface area (Å²) in [7, 11) is 0. The van der Waals surface area contributed by atoms with E-state index in [-0.39, 0.29) is 17.8 Å². The Kier molecular flexibility index (Phi) is 6.71. The van der Waals surface area contributed by atoms with Crippen LogP contribution in [0, 0.1) is 11.7 Å². The molecule has 0 bridgehead atoms. The largest absolute Gasteiger partial charge is 0.376 e. The van der Waals surface area contributed by atoms with Crippen LogP contribution in [0.5, 0.6) is 0 Å². The molecule has 0 saturated carbocycles. The molecule has 2 aliphatic rings. The van der Waals surface area contributed by atoms with Gasteiger partial charge in [0, 0.05) is 24.9 Å². The highest BCUT2D eigenvalue weighted by Gasteiger charge is 2.29. The van der Waals surface area contributed by atoms with Crippen molar-refractivity contribution in [1.29, 1.82) is 0 Å². The molecule has 0 unspecified atom stereocenters. The molecule has 1 aromatic rings. The Labute approximate surface area is 161 Å². The molecule has 27 heavy (non-hydrogen) atoms. The fourth-order valence-electron chi connectivity index (χ4n) is 3.95. The van der Waals surface area contributed by atoms with Gasteiger partial charge in [-0.05, 0) is 56.7 Å². The minimum Gasteiger partial charge on any atom is -0.376 e. The first kappa shape index (κ1) is 20.1. The van der Waals surface area contributed by atoms with Gasteiger partial charge in [-0.1, -0.05) is 13.8 Å². The summed E-state index contributed by atoms with van der Waals surface area (Å²) in [5.41, 5.74) is 1.07. The highest BCUT2D eigenvalue weighted by molar-refractivity contribution is 5.94. The van der Waals surface area contributed by atoms with E-state index in [1.807, 2.05) is 0 Å². The molecule has 6 heteroatoms. The first-order valence-electron chi connectivity index (χ1n) is 10.1. The molecule has 2 heterocycles. The Balaban J connectivity index is 1.57. The van der Waals surface area contributed by atoms with Crippen LogP contribution in [0.4, 0.5) is 15.8 Å². The number of hydrogen-bond acceptors (Lipinski definition) is 4. The molecule has 0 radical (unpaired) electrons. The van der Waals surface area contributed by atoms with Gasteiger partial charge in [-0.3, -0.25) is 4.79 Å². The minimum absolute atomic E-state index is 0.0753. The average molecular weight is 378 g/mol. The maximum atomic E-state index is 14.7.